The van der Waals surface area contributed by atoms with Crippen molar-refractivity contribution in [1.29, 1.82) is 5.26 Å². The van der Waals surface area contributed by atoms with E-state index in [0.717, 1.165) is 0 Å². The molecule has 1 heterocycles. The number of benzene rings is 2. The third-order valence-corrected chi connectivity index (χ3v) is 3.91. The van der Waals surface area contributed by atoms with Crippen molar-refractivity contribution in [2.75, 3.05) is 17.7 Å². The fourth-order valence-electron chi connectivity index (χ4n) is 2.51. The number of para-hydroxylation sites is 3. The molecule has 0 aliphatic rings. The number of rotatable bonds is 5. The largest absolute Gasteiger partial charge is 0.495 e. The van der Waals surface area contributed by atoms with Crippen LogP contribution < -0.4 is 15.4 Å². The predicted molar refractivity (Wildman–Crippen MR) is 104 cm³/mol. The SMILES string of the molecule is COc1ccccc1NC(=O)c1cc(C(=O)Nc2ccccc2C#N)ccn1. The van der Waals surface area contributed by atoms with Crippen LogP contribution in [0.1, 0.15) is 26.4 Å². The first-order valence-corrected chi connectivity index (χ1v) is 8.33. The molecule has 3 rings (SSSR count). The molecule has 0 aliphatic heterocycles. The third kappa shape index (κ3) is 4.14. The number of hydrogen-bond donors (Lipinski definition) is 2. The van der Waals surface area contributed by atoms with Crippen molar-refractivity contribution >= 4 is 23.2 Å². The average molecular weight is 372 g/mol. The topological polar surface area (TPSA) is 104 Å². The second-order valence-corrected chi connectivity index (χ2v) is 5.70. The average Bonchev–Trinajstić information content (AvgIpc) is 2.74. The molecule has 0 radical (unpaired) electrons. The normalized spacial score (nSPS) is 9.86. The van der Waals surface area contributed by atoms with Crippen molar-refractivity contribution in [3.05, 3.63) is 83.7 Å². The summed E-state index contributed by atoms with van der Waals surface area (Å²) >= 11 is 0. The van der Waals surface area contributed by atoms with Crippen LogP contribution in [0.4, 0.5) is 11.4 Å². The van der Waals surface area contributed by atoms with Gasteiger partial charge in [0.15, 0.2) is 0 Å². The van der Waals surface area contributed by atoms with E-state index in [2.05, 4.69) is 15.6 Å². The van der Waals surface area contributed by atoms with Crippen LogP contribution in [-0.2, 0) is 0 Å². The molecule has 0 saturated heterocycles. The lowest BCUT2D eigenvalue weighted by Gasteiger charge is -2.10. The van der Waals surface area contributed by atoms with E-state index < -0.39 is 11.8 Å². The molecule has 7 heteroatoms. The quantitative estimate of drug-likeness (QED) is 0.714. The number of anilines is 2. The van der Waals surface area contributed by atoms with E-state index in [-0.39, 0.29) is 11.3 Å². The zero-order valence-corrected chi connectivity index (χ0v) is 15.0. The molecule has 138 valence electrons. The molecule has 3 aromatic rings. The van der Waals surface area contributed by atoms with Crippen molar-refractivity contribution in [3.8, 4) is 11.8 Å². The number of pyridine rings is 1. The number of nitrogens with one attached hydrogen (secondary N) is 2. The highest BCUT2D eigenvalue weighted by molar-refractivity contribution is 6.08. The van der Waals surface area contributed by atoms with Crippen LogP contribution in [0.3, 0.4) is 0 Å². The number of nitrogens with zero attached hydrogens (tertiary/aromatic N) is 2. The summed E-state index contributed by atoms with van der Waals surface area (Å²) in [6.07, 6.45) is 1.38. The predicted octanol–water partition coefficient (Wildman–Crippen LogP) is 3.47. The van der Waals surface area contributed by atoms with Gasteiger partial charge in [-0.25, -0.2) is 0 Å². The van der Waals surface area contributed by atoms with Gasteiger partial charge in [-0.2, -0.15) is 5.26 Å². The van der Waals surface area contributed by atoms with E-state index in [1.54, 1.807) is 48.5 Å². The zero-order valence-electron chi connectivity index (χ0n) is 15.0. The van der Waals surface area contributed by atoms with Crippen molar-refractivity contribution in [2.24, 2.45) is 0 Å². The first kappa shape index (κ1) is 18.6. The summed E-state index contributed by atoms with van der Waals surface area (Å²) in [5, 5.41) is 14.5. The Balaban J connectivity index is 1.79. The summed E-state index contributed by atoms with van der Waals surface area (Å²) in [7, 11) is 1.51. The van der Waals surface area contributed by atoms with Gasteiger partial charge in [-0.3, -0.25) is 14.6 Å². The van der Waals surface area contributed by atoms with E-state index >= 15 is 0 Å². The van der Waals surface area contributed by atoms with Gasteiger partial charge >= 0.3 is 0 Å². The molecule has 0 bridgehead atoms. The maximum atomic E-state index is 12.5. The van der Waals surface area contributed by atoms with Crippen LogP contribution in [0.25, 0.3) is 0 Å². The molecule has 0 unspecified atom stereocenters. The van der Waals surface area contributed by atoms with Gasteiger partial charge < -0.3 is 15.4 Å². The van der Waals surface area contributed by atoms with E-state index in [4.69, 9.17) is 10.00 Å². The molecule has 0 saturated carbocycles. The van der Waals surface area contributed by atoms with Gasteiger partial charge in [0.05, 0.1) is 24.0 Å². The van der Waals surface area contributed by atoms with Gasteiger partial charge in [0, 0.05) is 11.8 Å². The van der Waals surface area contributed by atoms with Gasteiger partial charge in [-0.1, -0.05) is 24.3 Å². The zero-order chi connectivity index (χ0) is 19.9. The highest BCUT2D eigenvalue weighted by atomic mass is 16.5. The van der Waals surface area contributed by atoms with Crippen LogP contribution in [0.15, 0.2) is 66.9 Å². The van der Waals surface area contributed by atoms with E-state index in [0.29, 0.717) is 22.7 Å². The maximum Gasteiger partial charge on any atom is 0.274 e. The minimum atomic E-state index is -0.475. The van der Waals surface area contributed by atoms with Gasteiger partial charge in [-0.15, -0.1) is 0 Å². The summed E-state index contributed by atoms with van der Waals surface area (Å²) in [5.41, 5.74) is 1.56. The van der Waals surface area contributed by atoms with E-state index in [1.807, 2.05) is 6.07 Å². The standard InChI is InChI=1S/C21H16N4O3/c1-28-19-9-5-4-8-17(19)25-21(27)18-12-14(10-11-23-18)20(26)24-16-7-3-2-6-15(16)13-22/h2-12H,1H3,(H,24,26)(H,25,27). The number of amides is 2. The number of hydrogen-bond acceptors (Lipinski definition) is 5. The summed E-state index contributed by atoms with van der Waals surface area (Å²) in [5.74, 6) is -0.411. The highest BCUT2D eigenvalue weighted by Crippen LogP contribution is 2.23. The summed E-state index contributed by atoms with van der Waals surface area (Å²) in [6.45, 7) is 0. The van der Waals surface area contributed by atoms with E-state index in [9.17, 15) is 9.59 Å². The first-order valence-electron chi connectivity index (χ1n) is 8.33. The molecule has 0 spiro atoms. The third-order valence-electron chi connectivity index (χ3n) is 3.91. The second kappa shape index (κ2) is 8.47. The van der Waals surface area contributed by atoms with Crippen LogP contribution in [-0.4, -0.2) is 23.9 Å². The molecule has 28 heavy (non-hydrogen) atoms. The number of carbonyl (C=O) groups excluding carboxylic acids is 2. The Bertz CT molecular complexity index is 1070. The van der Waals surface area contributed by atoms with Gasteiger partial charge in [0.2, 0.25) is 0 Å². The van der Waals surface area contributed by atoms with Crippen molar-refractivity contribution < 1.29 is 14.3 Å². The Labute approximate surface area is 161 Å². The van der Waals surface area contributed by atoms with Gasteiger partial charge in [0.25, 0.3) is 11.8 Å². The molecule has 2 N–H and O–H groups in total. The lowest BCUT2D eigenvalue weighted by molar-refractivity contribution is 0.102. The summed E-state index contributed by atoms with van der Waals surface area (Å²) in [6, 6.07) is 18.5. The Morgan fingerprint density at radius 2 is 1.64 bits per heavy atom. The monoisotopic (exact) mass is 372 g/mol. The fourth-order valence-corrected chi connectivity index (χ4v) is 2.51. The first-order chi connectivity index (χ1) is 13.6. The molecular formula is C21H16N4O3. The minimum absolute atomic E-state index is 0.0760. The Morgan fingerprint density at radius 3 is 2.39 bits per heavy atom. The van der Waals surface area contributed by atoms with Crippen LogP contribution in [0.5, 0.6) is 5.75 Å². The molecule has 0 atom stereocenters. The molecule has 2 amide bonds. The second-order valence-electron chi connectivity index (χ2n) is 5.70. The molecular weight excluding hydrogens is 356 g/mol. The number of methoxy groups -OCH3 is 1. The lowest BCUT2D eigenvalue weighted by atomic mass is 10.1. The molecule has 2 aromatic carbocycles. The van der Waals surface area contributed by atoms with Gasteiger partial charge in [0.1, 0.15) is 17.5 Å². The number of carbonyl (C=O) groups is 2. The minimum Gasteiger partial charge on any atom is -0.495 e. The lowest BCUT2D eigenvalue weighted by Crippen LogP contribution is -2.17. The Hall–Kier alpha value is -4.18. The molecule has 0 fully saturated rings. The van der Waals surface area contributed by atoms with Crippen LogP contribution >= 0.6 is 0 Å². The number of nitriles is 1. The summed E-state index contributed by atoms with van der Waals surface area (Å²) < 4.78 is 5.21. The van der Waals surface area contributed by atoms with Crippen LogP contribution in [0.2, 0.25) is 0 Å². The van der Waals surface area contributed by atoms with Crippen molar-refractivity contribution in [3.63, 3.8) is 0 Å². The van der Waals surface area contributed by atoms with Gasteiger partial charge in [-0.05, 0) is 36.4 Å². The van der Waals surface area contributed by atoms with Crippen molar-refractivity contribution in [1.82, 2.24) is 4.98 Å². The summed E-state index contributed by atoms with van der Waals surface area (Å²) in [4.78, 5) is 29.1. The highest BCUT2D eigenvalue weighted by Gasteiger charge is 2.14. The van der Waals surface area contributed by atoms with Crippen molar-refractivity contribution in [2.45, 2.75) is 0 Å². The Morgan fingerprint density at radius 1 is 0.964 bits per heavy atom. The number of aromatic nitrogens is 1. The molecule has 0 aliphatic carbocycles. The molecule has 1 aromatic heterocycles. The fraction of sp³-hybridized carbons (Fsp3) is 0.0476. The molecule has 7 nitrogen and oxygen atoms in total. The van der Waals surface area contributed by atoms with Crippen LogP contribution in [0, 0.1) is 11.3 Å². The smallest absolute Gasteiger partial charge is 0.274 e. The number of ether oxygens (including phenoxy) is 1. The maximum absolute atomic E-state index is 12.5. The Kier molecular flexibility index (Phi) is 5.63. The van der Waals surface area contributed by atoms with E-state index in [1.165, 1.54) is 25.4 Å².